The monoisotopic (exact) mass is 342 g/mol. The second kappa shape index (κ2) is 8.27. The summed E-state index contributed by atoms with van der Waals surface area (Å²) < 4.78 is 10.8. The van der Waals surface area contributed by atoms with E-state index in [1.54, 1.807) is 7.11 Å². The molecule has 2 heterocycles. The number of aromatic nitrogens is 2. The molecule has 1 aromatic heterocycles. The third-order valence-corrected chi connectivity index (χ3v) is 4.63. The summed E-state index contributed by atoms with van der Waals surface area (Å²) in [6.07, 6.45) is 0. The first-order valence-electron chi connectivity index (χ1n) is 8.69. The van der Waals surface area contributed by atoms with Crippen molar-refractivity contribution >= 4 is 5.82 Å². The van der Waals surface area contributed by atoms with Gasteiger partial charge >= 0.3 is 0 Å². The van der Waals surface area contributed by atoms with E-state index in [0.29, 0.717) is 6.04 Å². The average molecular weight is 342 g/mol. The number of benzene rings is 1. The molecule has 1 saturated heterocycles. The number of rotatable bonds is 6. The molecule has 0 aliphatic carbocycles. The van der Waals surface area contributed by atoms with E-state index < -0.39 is 0 Å². The van der Waals surface area contributed by atoms with Gasteiger partial charge in [0.25, 0.3) is 0 Å². The van der Waals surface area contributed by atoms with Crippen molar-refractivity contribution in [2.45, 2.75) is 13.0 Å². The Morgan fingerprint density at radius 1 is 1.16 bits per heavy atom. The van der Waals surface area contributed by atoms with Gasteiger partial charge in [0.15, 0.2) is 5.82 Å². The molecule has 0 bridgehead atoms. The minimum absolute atomic E-state index is 0.449. The summed E-state index contributed by atoms with van der Waals surface area (Å²) in [5.74, 6) is 1.68. The van der Waals surface area contributed by atoms with Crippen molar-refractivity contribution in [1.29, 1.82) is 0 Å². The smallest absolute Gasteiger partial charge is 0.151 e. The summed E-state index contributed by atoms with van der Waals surface area (Å²) in [7, 11) is 3.73. The first-order valence-corrected chi connectivity index (χ1v) is 8.69. The summed E-state index contributed by atoms with van der Waals surface area (Å²) in [6, 6.07) is 12.3. The Morgan fingerprint density at radius 3 is 2.60 bits per heavy atom. The number of hydrogen-bond acceptors (Lipinski definition) is 6. The molecule has 1 atom stereocenters. The molecule has 1 fully saturated rings. The molecule has 1 aromatic carbocycles. The zero-order valence-corrected chi connectivity index (χ0v) is 15.2. The van der Waals surface area contributed by atoms with E-state index in [4.69, 9.17) is 9.47 Å². The Bertz CT molecular complexity index is 671. The molecule has 0 spiro atoms. The van der Waals surface area contributed by atoms with E-state index in [9.17, 15) is 0 Å². The van der Waals surface area contributed by atoms with E-state index in [1.807, 2.05) is 36.4 Å². The zero-order valence-electron chi connectivity index (χ0n) is 15.2. The lowest BCUT2D eigenvalue weighted by Crippen LogP contribution is -2.46. The van der Waals surface area contributed by atoms with Crippen LogP contribution in [-0.4, -0.2) is 68.1 Å². The van der Waals surface area contributed by atoms with Crippen LogP contribution >= 0.6 is 0 Å². The fraction of sp³-hybridized carbons (Fsp3) is 0.474. The molecule has 134 valence electrons. The average Bonchev–Trinajstić information content (AvgIpc) is 2.68. The molecular weight excluding hydrogens is 316 g/mol. The maximum Gasteiger partial charge on any atom is 0.151 e. The number of nitrogens with zero attached hydrogens (tertiary/aromatic N) is 4. The lowest BCUT2D eigenvalue weighted by Gasteiger charge is -2.34. The highest BCUT2D eigenvalue weighted by Gasteiger charge is 2.19. The van der Waals surface area contributed by atoms with Crippen molar-refractivity contribution in [3.63, 3.8) is 0 Å². The molecule has 0 radical (unpaired) electrons. The molecule has 2 aromatic rings. The standard InChI is InChI=1S/C19H26N4O2/c1-15(23-10-12-25-13-11-23)14-22(2)19-9-8-17(20-21-19)16-6-4-5-7-18(16)24-3/h4-9,15H,10-14H2,1-3H3. The number of likely N-dealkylation sites (N-methyl/N-ethyl adjacent to an activating group) is 1. The van der Waals surface area contributed by atoms with Crippen molar-refractivity contribution in [2.24, 2.45) is 0 Å². The van der Waals surface area contributed by atoms with E-state index in [0.717, 1.165) is 55.7 Å². The maximum absolute atomic E-state index is 5.43. The van der Waals surface area contributed by atoms with Crippen LogP contribution in [0.5, 0.6) is 5.75 Å². The van der Waals surface area contributed by atoms with Gasteiger partial charge in [-0.2, -0.15) is 0 Å². The number of methoxy groups -OCH3 is 1. The second-order valence-electron chi connectivity index (χ2n) is 6.35. The number of morpholine rings is 1. The van der Waals surface area contributed by atoms with E-state index >= 15 is 0 Å². The highest BCUT2D eigenvalue weighted by Crippen LogP contribution is 2.28. The Labute approximate surface area is 149 Å². The van der Waals surface area contributed by atoms with Crippen molar-refractivity contribution < 1.29 is 9.47 Å². The van der Waals surface area contributed by atoms with Gasteiger partial charge in [-0.15, -0.1) is 10.2 Å². The van der Waals surface area contributed by atoms with Crippen molar-refractivity contribution in [3.8, 4) is 17.0 Å². The van der Waals surface area contributed by atoms with Crippen molar-refractivity contribution in [2.75, 3.05) is 51.9 Å². The third-order valence-electron chi connectivity index (χ3n) is 4.63. The van der Waals surface area contributed by atoms with Gasteiger partial charge in [0, 0.05) is 38.3 Å². The molecule has 0 amide bonds. The molecule has 0 saturated carbocycles. The molecular formula is C19H26N4O2. The van der Waals surface area contributed by atoms with Crippen molar-refractivity contribution in [3.05, 3.63) is 36.4 Å². The van der Waals surface area contributed by atoms with Crippen molar-refractivity contribution in [1.82, 2.24) is 15.1 Å². The highest BCUT2D eigenvalue weighted by molar-refractivity contribution is 5.67. The normalized spacial score (nSPS) is 16.4. The van der Waals surface area contributed by atoms with Crippen LogP contribution in [0.4, 0.5) is 5.82 Å². The first kappa shape index (κ1) is 17.6. The SMILES string of the molecule is COc1ccccc1-c1ccc(N(C)CC(C)N2CCOCC2)nn1. The lowest BCUT2D eigenvalue weighted by atomic mass is 10.1. The fourth-order valence-electron chi connectivity index (χ4n) is 3.15. The van der Waals surface area contributed by atoms with Crippen LogP contribution in [0, 0.1) is 0 Å². The van der Waals surface area contributed by atoms with Gasteiger partial charge in [0.05, 0.1) is 26.0 Å². The largest absolute Gasteiger partial charge is 0.496 e. The van der Waals surface area contributed by atoms with Gasteiger partial charge in [0.2, 0.25) is 0 Å². The first-order chi connectivity index (χ1) is 12.2. The number of para-hydroxylation sites is 1. The van der Waals surface area contributed by atoms with Gasteiger partial charge in [-0.3, -0.25) is 4.90 Å². The van der Waals surface area contributed by atoms with E-state index in [-0.39, 0.29) is 0 Å². The molecule has 1 aliphatic heterocycles. The summed E-state index contributed by atoms with van der Waals surface area (Å²) in [6.45, 7) is 6.78. The number of anilines is 1. The molecule has 3 rings (SSSR count). The second-order valence-corrected chi connectivity index (χ2v) is 6.35. The molecule has 1 aliphatic rings. The minimum atomic E-state index is 0.449. The van der Waals surface area contributed by atoms with Crippen LogP contribution in [0.15, 0.2) is 36.4 Å². The third kappa shape index (κ3) is 4.27. The summed E-state index contributed by atoms with van der Waals surface area (Å²) in [4.78, 5) is 4.61. The Morgan fingerprint density at radius 2 is 1.92 bits per heavy atom. The summed E-state index contributed by atoms with van der Waals surface area (Å²) in [5, 5.41) is 8.80. The molecule has 6 nitrogen and oxygen atoms in total. The van der Waals surface area contributed by atoms with E-state index in [2.05, 4.69) is 34.0 Å². The highest BCUT2D eigenvalue weighted by atomic mass is 16.5. The zero-order chi connectivity index (χ0) is 17.6. The van der Waals surface area contributed by atoms with Crippen LogP contribution in [0.3, 0.4) is 0 Å². The predicted octanol–water partition coefficient (Wildman–Crippen LogP) is 2.31. The van der Waals surface area contributed by atoms with Crippen LogP contribution in [0.25, 0.3) is 11.3 Å². The topological polar surface area (TPSA) is 50.7 Å². The molecule has 25 heavy (non-hydrogen) atoms. The van der Waals surface area contributed by atoms with Gasteiger partial charge in [0.1, 0.15) is 5.75 Å². The van der Waals surface area contributed by atoms with Gasteiger partial charge in [-0.25, -0.2) is 0 Å². The quantitative estimate of drug-likeness (QED) is 0.803. The Hall–Kier alpha value is -2.18. The van der Waals surface area contributed by atoms with Crippen LogP contribution in [0.2, 0.25) is 0 Å². The van der Waals surface area contributed by atoms with Crippen LogP contribution in [0.1, 0.15) is 6.92 Å². The Kier molecular flexibility index (Phi) is 5.83. The lowest BCUT2D eigenvalue weighted by molar-refractivity contribution is 0.0217. The molecule has 6 heteroatoms. The summed E-state index contributed by atoms with van der Waals surface area (Å²) >= 11 is 0. The fourth-order valence-corrected chi connectivity index (χ4v) is 3.15. The number of hydrogen-bond donors (Lipinski definition) is 0. The van der Waals surface area contributed by atoms with Gasteiger partial charge in [-0.05, 0) is 31.2 Å². The van der Waals surface area contributed by atoms with Gasteiger partial charge < -0.3 is 14.4 Å². The van der Waals surface area contributed by atoms with Crippen LogP contribution < -0.4 is 9.64 Å². The van der Waals surface area contributed by atoms with E-state index in [1.165, 1.54) is 0 Å². The predicted molar refractivity (Wildman–Crippen MR) is 99.1 cm³/mol. The summed E-state index contributed by atoms with van der Waals surface area (Å²) in [5.41, 5.74) is 1.77. The Balaban J connectivity index is 1.67. The van der Waals surface area contributed by atoms with Crippen LogP contribution in [-0.2, 0) is 4.74 Å². The number of ether oxygens (including phenoxy) is 2. The molecule has 0 N–H and O–H groups in total. The van der Waals surface area contributed by atoms with Gasteiger partial charge in [-0.1, -0.05) is 12.1 Å². The minimum Gasteiger partial charge on any atom is -0.496 e. The maximum atomic E-state index is 5.43. The molecule has 1 unspecified atom stereocenters.